The first-order chi connectivity index (χ1) is 17.4. The highest BCUT2D eigenvalue weighted by Gasteiger charge is 2.34. The number of methoxy groups -OCH3 is 1. The van der Waals surface area contributed by atoms with Crippen LogP contribution in [0.5, 0.6) is 5.75 Å². The van der Waals surface area contributed by atoms with Gasteiger partial charge in [-0.15, -0.1) is 0 Å². The molecule has 0 bridgehead atoms. The Morgan fingerprint density at radius 3 is 2.39 bits per heavy atom. The van der Waals surface area contributed by atoms with Crippen molar-refractivity contribution in [3.63, 3.8) is 0 Å². The highest BCUT2D eigenvalue weighted by atomic mass is 16.6. The molecule has 4 aromatic rings. The van der Waals surface area contributed by atoms with Crippen LogP contribution < -0.4 is 16.0 Å². The SMILES string of the molecule is CCn1c(=O)c2c(nc(C3=C(c4ccc(CC(=O)c5ccccc5)c(OC)c4)O3)n2C)n(CC)c1=O. The molecule has 2 aromatic carbocycles. The van der Waals surface area contributed by atoms with Gasteiger partial charge >= 0.3 is 5.69 Å². The first-order valence-electron chi connectivity index (χ1n) is 11.8. The van der Waals surface area contributed by atoms with Crippen molar-refractivity contribution in [2.75, 3.05) is 7.11 Å². The van der Waals surface area contributed by atoms with Crippen molar-refractivity contribution in [3.8, 4) is 5.75 Å². The van der Waals surface area contributed by atoms with E-state index in [-0.39, 0.29) is 30.0 Å². The fraction of sp³-hybridized carbons (Fsp3) is 0.259. The zero-order chi connectivity index (χ0) is 25.6. The summed E-state index contributed by atoms with van der Waals surface area (Å²) in [7, 11) is 3.30. The molecular weight excluding hydrogens is 460 g/mol. The molecule has 2 aromatic heterocycles. The van der Waals surface area contributed by atoms with Gasteiger partial charge in [0.25, 0.3) is 5.56 Å². The summed E-state index contributed by atoms with van der Waals surface area (Å²) in [5.74, 6) is 2.18. The van der Waals surface area contributed by atoms with E-state index in [1.54, 1.807) is 37.8 Å². The molecule has 0 atom stereocenters. The topological polar surface area (TPSA) is 101 Å². The van der Waals surface area contributed by atoms with Gasteiger partial charge in [-0.05, 0) is 19.9 Å². The van der Waals surface area contributed by atoms with Gasteiger partial charge in [0.05, 0.1) is 7.11 Å². The van der Waals surface area contributed by atoms with Crippen LogP contribution in [0.4, 0.5) is 0 Å². The molecule has 184 valence electrons. The average Bonchev–Trinajstić information content (AvgIpc) is 3.61. The van der Waals surface area contributed by atoms with Gasteiger partial charge in [0, 0.05) is 43.2 Å². The Labute approximate surface area is 206 Å². The normalized spacial score (nSPS) is 12.7. The van der Waals surface area contributed by atoms with Gasteiger partial charge in [0.15, 0.2) is 28.5 Å². The van der Waals surface area contributed by atoms with E-state index in [9.17, 15) is 14.4 Å². The number of Topliss-reactive ketones (excluding diaryl/α,β-unsaturated/α-hetero) is 1. The number of hydrogen-bond donors (Lipinski definition) is 0. The van der Waals surface area contributed by atoms with Crippen LogP contribution in [0.1, 0.15) is 41.2 Å². The summed E-state index contributed by atoms with van der Waals surface area (Å²) in [4.78, 5) is 43.0. The highest BCUT2D eigenvalue weighted by molar-refractivity contribution is 5.99. The Balaban J connectivity index is 1.52. The van der Waals surface area contributed by atoms with Crippen LogP contribution in [0.3, 0.4) is 0 Å². The van der Waals surface area contributed by atoms with Crippen LogP contribution in [0.15, 0.2) is 58.1 Å². The number of carbonyl (C=O) groups is 1. The number of ether oxygens (including phenoxy) is 2. The molecule has 36 heavy (non-hydrogen) atoms. The van der Waals surface area contributed by atoms with Crippen LogP contribution in [0.25, 0.3) is 22.7 Å². The van der Waals surface area contributed by atoms with Crippen molar-refractivity contribution < 1.29 is 14.3 Å². The Morgan fingerprint density at radius 1 is 1.00 bits per heavy atom. The van der Waals surface area contributed by atoms with Gasteiger partial charge in [-0.2, -0.15) is 0 Å². The maximum Gasteiger partial charge on any atom is 0.332 e. The standard InChI is InChI=1S/C27H26N4O5/c1-5-30-24-21(26(33)31(6-2)27(30)34)29(3)25(28-24)23-22(36-23)18-13-12-17(20(15-18)35-4)14-19(32)16-10-8-7-9-11-16/h7-13,15H,5-6,14H2,1-4H3. The summed E-state index contributed by atoms with van der Waals surface area (Å²) in [6.07, 6.45) is 0.212. The molecule has 9 heteroatoms. The number of ketones is 1. The zero-order valence-corrected chi connectivity index (χ0v) is 20.6. The zero-order valence-electron chi connectivity index (χ0n) is 20.6. The molecule has 1 aliphatic rings. The summed E-state index contributed by atoms with van der Waals surface area (Å²) in [6, 6.07) is 14.7. The second-order valence-electron chi connectivity index (χ2n) is 8.50. The maximum absolute atomic E-state index is 13.0. The fourth-order valence-electron chi connectivity index (χ4n) is 4.47. The molecule has 3 heterocycles. The van der Waals surface area contributed by atoms with Gasteiger partial charge in [-0.3, -0.25) is 18.7 Å². The summed E-state index contributed by atoms with van der Waals surface area (Å²) in [5.41, 5.74) is 2.12. The van der Waals surface area contributed by atoms with Crippen molar-refractivity contribution in [1.29, 1.82) is 0 Å². The minimum Gasteiger partial charge on any atom is -0.496 e. The second kappa shape index (κ2) is 8.99. The third-order valence-electron chi connectivity index (χ3n) is 6.44. The molecule has 0 amide bonds. The second-order valence-corrected chi connectivity index (χ2v) is 8.50. The minimum absolute atomic E-state index is 0.00336. The Kier molecular flexibility index (Phi) is 5.83. The Hall–Kier alpha value is -4.40. The van der Waals surface area contributed by atoms with E-state index in [1.165, 1.54) is 9.13 Å². The van der Waals surface area contributed by atoms with Crippen molar-refractivity contribution in [3.05, 3.63) is 91.9 Å². The molecular formula is C27H26N4O5. The third kappa shape index (κ3) is 3.73. The number of nitrogens with zero attached hydrogens (tertiary/aromatic N) is 4. The maximum atomic E-state index is 13.0. The van der Waals surface area contributed by atoms with Crippen LogP contribution in [0, 0.1) is 0 Å². The number of carbonyl (C=O) groups excluding carboxylic acids is 1. The number of aromatic nitrogens is 4. The summed E-state index contributed by atoms with van der Waals surface area (Å²) < 4.78 is 15.8. The fourth-order valence-corrected chi connectivity index (χ4v) is 4.47. The van der Waals surface area contributed by atoms with E-state index in [0.717, 1.165) is 11.1 Å². The Morgan fingerprint density at radius 2 is 1.72 bits per heavy atom. The third-order valence-corrected chi connectivity index (χ3v) is 6.44. The van der Waals surface area contributed by atoms with E-state index in [1.807, 2.05) is 43.3 Å². The first-order valence-corrected chi connectivity index (χ1v) is 11.8. The van der Waals surface area contributed by atoms with Crippen LogP contribution in [-0.2, 0) is 31.3 Å². The van der Waals surface area contributed by atoms with Crippen molar-refractivity contribution in [2.45, 2.75) is 33.4 Å². The van der Waals surface area contributed by atoms with Crippen molar-refractivity contribution >= 4 is 28.5 Å². The summed E-state index contributed by atoms with van der Waals surface area (Å²) in [6.45, 7) is 4.27. The lowest BCUT2D eigenvalue weighted by molar-refractivity contribution is 0.0992. The van der Waals surface area contributed by atoms with Gasteiger partial charge in [-0.25, -0.2) is 9.78 Å². The summed E-state index contributed by atoms with van der Waals surface area (Å²) >= 11 is 0. The lowest BCUT2D eigenvalue weighted by Crippen LogP contribution is -2.39. The number of hydrogen-bond acceptors (Lipinski definition) is 6. The minimum atomic E-state index is -0.376. The number of imidazole rings is 1. The van der Waals surface area contributed by atoms with E-state index in [0.29, 0.717) is 46.4 Å². The quantitative estimate of drug-likeness (QED) is 0.355. The van der Waals surface area contributed by atoms with Crippen LogP contribution in [-0.4, -0.2) is 31.6 Å². The van der Waals surface area contributed by atoms with Gasteiger partial charge in [0.2, 0.25) is 5.76 Å². The number of benzene rings is 2. The molecule has 0 saturated heterocycles. The van der Waals surface area contributed by atoms with Gasteiger partial charge < -0.3 is 14.0 Å². The van der Waals surface area contributed by atoms with Gasteiger partial charge in [-0.1, -0.05) is 42.5 Å². The van der Waals surface area contributed by atoms with Crippen LogP contribution in [0.2, 0.25) is 0 Å². The smallest absolute Gasteiger partial charge is 0.332 e. The molecule has 1 aliphatic heterocycles. The lowest BCUT2D eigenvalue weighted by atomic mass is 10.0. The lowest BCUT2D eigenvalue weighted by Gasteiger charge is -2.09. The predicted molar refractivity (Wildman–Crippen MR) is 136 cm³/mol. The molecule has 5 rings (SSSR count). The molecule has 0 aliphatic carbocycles. The molecule has 0 radical (unpaired) electrons. The molecule has 0 N–H and O–H groups in total. The highest BCUT2D eigenvalue weighted by Crippen LogP contribution is 2.44. The number of fused-ring (bicyclic) bond motifs is 1. The number of aryl methyl sites for hydroxylation is 2. The summed E-state index contributed by atoms with van der Waals surface area (Å²) in [5, 5.41) is 0. The molecule has 0 fully saturated rings. The Bertz CT molecular complexity index is 1660. The monoisotopic (exact) mass is 486 g/mol. The predicted octanol–water partition coefficient (Wildman–Crippen LogP) is 3.23. The van der Waals surface area contributed by atoms with Crippen molar-refractivity contribution in [2.24, 2.45) is 7.05 Å². The molecule has 0 saturated carbocycles. The van der Waals surface area contributed by atoms with Crippen molar-refractivity contribution in [1.82, 2.24) is 18.7 Å². The molecule has 9 nitrogen and oxygen atoms in total. The van der Waals surface area contributed by atoms with Crippen LogP contribution >= 0.6 is 0 Å². The molecule has 0 spiro atoms. The van der Waals surface area contributed by atoms with E-state index in [2.05, 4.69) is 4.98 Å². The first kappa shape index (κ1) is 23.3. The largest absolute Gasteiger partial charge is 0.496 e. The number of rotatable bonds is 8. The van der Waals surface area contributed by atoms with E-state index < -0.39 is 0 Å². The van der Waals surface area contributed by atoms with E-state index in [4.69, 9.17) is 9.47 Å². The molecule has 0 unspecified atom stereocenters. The average molecular weight is 487 g/mol. The van der Waals surface area contributed by atoms with E-state index >= 15 is 0 Å². The van der Waals surface area contributed by atoms with Gasteiger partial charge in [0.1, 0.15) is 5.75 Å².